The molecule has 0 aromatic carbocycles. The van der Waals surface area contributed by atoms with E-state index in [9.17, 15) is 14.4 Å². The summed E-state index contributed by atoms with van der Waals surface area (Å²) in [6, 6.07) is 0. The molecule has 7 heteroatoms. The van der Waals surface area contributed by atoms with Gasteiger partial charge in [-0.1, -0.05) is 82.0 Å². The van der Waals surface area contributed by atoms with Gasteiger partial charge >= 0.3 is 11.9 Å². The van der Waals surface area contributed by atoms with Gasteiger partial charge in [0.1, 0.15) is 6.10 Å². The lowest BCUT2D eigenvalue weighted by molar-refractivity contribution is -0.248. The van der Waals surface area contributed by atoms with Crippen LogP contribution in [-0.2, 0) is 23.9 Å². The molecular weight excluding hydrogens is 666 g/mol. The molecule has 0 bridgehead atoms. The van der Waals surface area contributed by atoms with Gasteiger partial charge in [0.25, 0.3) is 0 Å². The summed E-state index contributed by atoms with van der Waals surface area (Å²) in [6.45, 7) is 19.5. The van der Waals surface area contributed by atoms with Crippen molar-refractivity contribution in [2.24, 2.45) is 56.7 Å². The Morgan fingerprint density at radius 1 is 0.812 bits per heavy atom. The van der Waals surface area contributed by atoms with Crippen LogP contribution in [0.3, 0.4) is 0 Å². The van der Waals surface area contributed by atoms with Crippen LogP contribution in [0.2, 0.25) is 0 Å². The quantitative estimate of drug-likeness (QED) is 0.0936. The second-order valence-corrected chi connectivity index (χ2v) is 18.7. The van der Waals surface area contributed by atoms with Gasteiger partial charge in [0.15, 0.2) is 0 Å². The van der Waals surface area contributed by atoms with Crippen molar-refractivity contribution in [1.29, 1.82) is 0 Å². The second kappa shape index (κ2) is 14.3. The highest BCUT2D eigenvalue weighted by atomic mass is 79.9. The number of unbranched alkanes of at least 4 members (excludes halogenated alkanes) is 4. The molecule has 5 fully saturated rings. The molecule has 0 spiro atoms. The van der Waals surface area contributed by atoms with Crippen LogP contribution in [0.1, 0.15) is 144 Å². The molecule has 0 saturated heterocycles. The Bertz CT molecular complexity index is 1230. The van der Waals surface area contributed by atoms with E-state index in [2.05, 4.69) is 62.4 Å². The van der Waals surface area contributed by atoms with Crippen LogP contribution < -0.4 is 5.32 Å². The van der Waals surface area contributed by atoms with Crippen LogP contribution in [0.25, 0.3) is 0 Å². The average molecular weight is 733 g/mol. The molecular formula is C41H66BrNO5. The number of esters is 2. The van der Waals surface area contributed by atoms with Gasteiger partial charge < -0.3 is 14.8 Å². The van der Waals surface area contributed by atoms with E-state index in [0.29, 0.717) is 41.9 Å². The number of nitrogens with one attached hydrogen (secondary N) is 1. The highest BCUT2D eigenvalue weighted by Crippen LogP contribution is 2.77. The van der Waals surface area contributed by atoms with Gasteiger partial charge in [0, 0.05) is 30.6 Å². The standard InChI is InChI=1S/C41H66BrNO5/c1-27(26-42)29-17-22-41(36(46)43-25-13-11-9-10-12-14-34(45)47-8)24-23-39(6)30(35(29)41)15-16-32-38(5)20-19-33(48-28(2)44)37(3,4)31(38)18-21-40(32,39)7/h29-33,35H,1,9-26H2,2-8H3,(H,43,46)/t29-,30+,31-,32?,33-,35+,38-,39+,40+,41-/m0/s1. The fourth-order valence-electron chi connectivity index (χ4n) is 13.3. The van der Waals surface area contributed by atoms with Crippen molar-refractivity contribution in [3.8, 4) is 0 Å². The fourth-order valence-corrected chi connectivity index (χ4v) is 13.7. The van der Waals surface area contributed by atoms with Gasteiger partial charge in [-0.2, -0.15) is 0 Å². The maximum Gasteiger partial charge on any atom is 0.305 e. The SMILES string of the molecule is C=C(CBr)[C@@H]1CC[C@]2(C(=O)NCCCCCCCC(=O)OC)CC[C@]3(C)[C@H](CCC4[C@@]5(C)CC[C@H](OC(C)=O)C(C)(C)[C@@H]5CC[C@]43C)[C@@H]12. The largest absolute Gasteiger partial charge is 0.469 e. The smallest absolute Gasteiger partial charge is 0.305 e. The van der Waals surface area contributed by atoms with E-state index in [0.717, 1.165) is 82.5 Å². The van der Waals surface area contributed by atoms with E-state index in [4.69, 9.17) is 9.47 Å². The Morgan fingerprint density at radius 2 is 1.52 bits per heavy atom. The highest BCUT2D eigenvalue weighted by molar-refractivity contribution is 9.09. The number of rotatable bonds is 12. The molecule has 1 unspecified atom stereocenters. The molecule has 272 valence electrons. The zero-order chi connectivity index (χ0) is 35.1. The number of allylic oxidation sites excluding steroid dienone is 1. The van der Waals surface area contributed by atoms with E-state index in [1.165, 1.54) is 38.4 Å². The summed E-state index contributed by atoms with van der Waals surface area (Å²) in [5.74, 6) is 2.45. The molecule has 0 aromatic heterocycles. The van der Waals surface area contributed by atoms with Gasteiger partial charge in [-0.25, -0.2) is 0 Å². The van der Waals surface area contributed by atoms with Crippen molar-refractivity contribution < 1.29 is 23.9 Å². The van der Waals surface area contributed by atoms with E-state index >= 15 is 0 Å². The molecule has 0 aliphatic heterocycles. The minimum atomic E-state index is -0.297. The number of alkyl halides is 1. The van der Waals surface area contributed by atoms with Crippen molar-refractivity contribution in [3.63, 3.8) is 0 Å². The van der Waals surface area contributed by atoms with Gasteiger partial charge in [-0.15, -0.1) is 0 Å². The number of fused-ring (bicyclic) bond motifs is 7. The fraction of sp³-hybridized carbons (Fsp3) is 0.878. The summed E-state index contributed by atoms with van der Waals surface area (Å²) >= 11 is 3.77. The van der Waals surface area contributed by atoms with Gasteiger partial charge in [-0.3, -0.25) is 14.4 Å². The van der Waals surface area contributed by atoms with E-state index in [-0.39, 0.29) is 45.1 Å². The third-order valence-electron chi connectivity index (χ3n) is 15.9. The van der Waals surface area contributed by atoms with Crippen molar-refractivity contribution in [3.05, 3.63) is 12.2 Å². The third kappa shape index (κ3) is 6.25. The maximum absolute atomic E-state index is 14.4. The number of carbonyl (C=O) groups is 3. The number of hydrogen-bond acceptors (Lipinski definition) is 5. The average Bonchev–Trinajstić information content (AvgIpc) is 3.44. The first-order valence-corrected chi connectivity index (χ1v) is 20.5. The van der Waals surface area contributed by atoms with Crippen LogP contribution in [0.15, 0.2) is 12.2 Å². The predicted molar refractivity (Wildman–Crippen MR) is 195 cm³/mol. The summed E-state index contributed by atoms with van der Waals surface area (Å²) in [7, 11) is 1.45. The second-order valence-electron chi connectivity index (χ2n) is 18.1. The molecule has 1 N–H and O–H groups in total. The summed E-state index contributed by atoms with van der Waals surface area (Å²) in [5.41, 5.74) is 1.55. The topological polar surface area (TPSA) is 81.7 Å². The minimum absolute atomic E-state index is 0.000698. The first-order valence-electron chi connectivity index (χ1n) is 19.4. The number of ether oxygens (including phenoxy) is 2. The molecule has 1 amide bonds. The van der Waals surface area contributed by atoms with Gasteiger partial charge in [-0.05, 0) is 123 Å². The van der Waals surface area contributed by atoms with Crippen molar-refractivity contribution >= 4 is 33.8 Å². The van der Waals surface area contributed by atoms with Crippen molar-refractivity contribution in [1.82, 2.24) is 5.32 Å². The third-order valence-corrected chi connectivity index (χ3v) is 16.6. The Hall–Kier alpha value is -1.37. The summed E-state index contributed by atoms with van der Waals surface area (Å²) in [6.07, 6.45) is 16.6. The first kappa shape index (κ1) is 37.9. The zero-order valence-corrected chi connectivity index (χ0v) is 32.9. The van der Waals surface area contributed by atoms with Crippen LogP contribution in [0.4, 0.5) is 0 Å². The molecule has 5 aliphatic carbocycles. The summed E-state index contributed by atoms with van der Waals surface area (Å²) in [5, 5.41) is 4.27. The van der Waals surface area contributed by atoms with Crippen LogP contribution in [-0.4, -0.2) is 42.9 Å². The Balaban J connectivity index is 1.33. The predicted octanol–water partition coefficient (Wildman–Crippen LogP) is 9.58. The lowest BCUT2D eigenvalue weighted by Gasteiger charge is -2.72. The number of amides is 1. The number of halogens is 1. The molecule has 10 atom stereocenters. The monoisotopic (exact) mass is 731 g/mol. The zero-order valence-electron chi connectivity index (χ0n) is 31.3. The molecule has 5 aliphatic rings. The molecule has 6 nitrogen and oxygen atoms in total. The maximum atomic E-state index is 14.4. The van der Waals surface area contributed by atoms with Crippen LogP contribution in [0.5, 0.6) is 0 Å². The summed E-state index contributed by atoms with van der Waals surface area (Å²) < 4.78 is 10.7. The molecule has 0 heterocycles. The van der Waals surface area contributed by atoms with E-state index < -0.39 is 0 Å². The number of methoxy groups -OCH3 is 1. The molecule has 5 rings (SSSR count). The Labute approximate surface area is 300 Å². The Morgan fingerprint density at radius 3 is 2.21 bits per heavy atom. The number of carbonyl (C=O) groups excluding carboxylic acids is 3. The van der Waals surface area contributed by atoms with Gasteiger partial charge in [0.2, 0.25) is 5.91 Å². The normalized spacial score (nSPS) is 41.2. The van der Waals surface area contributed by atoms with E-state index in [1.54, 1.807) is 6.92 Å². The van der Waals surface area contributed by atoms with Gasteiger partial charge in [0.05, 0.1) is 12.5 Å². The minimum Gasteiger partial charge on any atom is -0.469 e. The lowest BCUT2D eigenvalue weighted by atomic mass is 9.32. The van der Waals surface area contributed by atoms with Crippen LogP contribution in [0, 0.1) is 56.7 Å². The lowest BCUT2D eigenvalue weighted by Crippen LogP contribution is -2.67. The molecule has 0 aromatic rings. The van der Waals surface area contributed by atoms with Crippen molar-refractivity contribution in [2.45, 2.75) is 150 Å². The highest BCUT2D eigenvalue weighted by Gasteiger charge is 2.72. The molecule has 48 heavy (non-hydrogen) atoms. The number of hydrogen-bond donors (Lipinski definition) is 1. The first-order chi connectivity index (χ1) is 22.6. The van der Waals surface area contributed by atoms with Crippen molar-refractivity contribution in [2.75, 3.05) is 19.0 Å². The Kier molecular flexibility index (Phi) is 11.3. The molecule has 5 saturated carbocycles. The van der Waals surface area contributed by atoms with E-state index in [1.807, 2.05) is 0 Å². The molecule has 0 radical (unpaired) electrons. The summed E-state index contributed by atoms with van der Waals surface area (Å²) in [4.78, 5) is 37.9. The van der Waals surface area contributed by atoms with Crippen LogP contribution >= 0.6 is 15.9 Å².